The van der Waals surface area contributed by atoms with Crippen LogP contribution in [0.4, 0.5) is 0 Å². The summed E-state index contributed by atoms with van der Waals surface area (Å²) < 4.78 is 0. The molecule has 0 aromatic heterocycles. The molecule has 0 radical (unpaired) electrons. The molecule has 4 N–H and O–H groups in total. The van der Waals surface area contributed by atoms with Crippen molar-refractivity contribution in [3.8, 4) is 0 Å². The Kier molecular flexibility index (Phi) is 3.00. The molecule has 0 amide bonds. The van der Waals surface area contributed by atoms with E-state index in [2.05, 4.69) is 0 Å². The zero-order chi connectivity index (χ0) is 9.84. The summed E-state index contributed by atoms with van der Waals surface area (Å²) in [6.07, 6.45) is -1.55. The molecule has 13 heavy (non-hydrogen) atoms. The van der Waals surface area contributed by atoms with E-state index >= 15 is 0 Å². The van der Waals surface area contributed by atoms with Gasteiger partial charge in [-0.15, -0.1) is 0 Å². The van der Waals surface area contributed by atoms with Gasteiger partial charge in [-0.05, 0) is 5.56 Å². The van der Waals surface area contributed by atoms with E-state index < -0.39 is 18.1 Å². The van der Waals surface area contributed by atoms with Crippen LogP contribution in [0.25, 0.3) is 0 Å². The smallest absolute Gasteiger partial charge is 0.334 e. The van der Waals surface area contributed by atoms with E-state index in [1.54, 1.807) is 30.3 Å². The third kappa shape index (κ3) is 2.27. The minimum absolute atomic E-state index is 0.609. The summed E-state index contributed by atoms with van der Waals surface area (Å²) in [5, 5.41) is 17.6. The van der Waals surface area contributed by atoms with Gasteiger partial charge in [0.2, 0.25) is 0 Å². The van der Waals surface area contributed by atoms with Crippen LogP contribution in [-0.2, 0) is 4.79 Å². The van der Waals surface area contributed by atoms with Gasteiger partial charge >= 0.3 is 5.97 Å². The Hall–Kier alpha value is -1.39. The molecule has 0 saturated carbocycles. The second-order valence-corrected chi connectivity index (χ2v) is 2.72. The van der Waals surface area contributed by atoms with Gasteiger partial charge in [-0.3, -0.25) is 0 Å². The molecule has 0 aliphatic rings. The van der Waals surface area contributed by atoms with Gasteiger partial charge in [0.25, 0.3) is 0 Å². The van der Waals surface area contributed by atoms with Crippen molar-refractivity contribution in [2.75, 3.05) is 0 Å². The first-order valence-electron chi connectivity index (χ1n) is 3.84. The highest BCUT2D eigenvalue weighted by Gasteiger charge is 2.22. The lowest BCUT2D eigenvalue weighted by molar-refractivity contribution is -0.147. The Labute approximate surface area is 75.6 Å². The zero-order valence-electron chi connectivity index (χ0n) is 6.92. The van der Waals surface area contributed by atoms with Crippen LogP contribution in [0.1, 0.15) is 11.6 Å². The van der Waals surface area contributed by atoms with Crippen molar-refractivity contribution >= 4 is 5.97 Å². The van der Waals surface area contributed by atoms with Crippen molar-refractivity contribution < 1.29 is 15.0 Å². The fourth-order valence-electron chi connectivity index (χ4n) is 1.01. The standard InChI is InChI=1S/C9H11NO3/c10-7(8(11)9(12)13)6-4-2-1-3-5-6/h1-5,7-8,11H,10H2,(H,12,13)/t7-,8-/m0/s1. The number of hydrogen-bond donors (Lipinski definition) is 3. The highest BCUT2D eigenvalue weighted by molar-refractivity contribution is 5.73. The van der Waals surface area contributed by atoms with Crippen LogP contribution in [0.15, 0.2) is 30.3 Å². The molecule has 4 heteroatoms. The van der Waals surface area contributed by atoms with E-state index in [0.29, 0.717) is 5.56 Å². The van der Waals surface area contributed by atoms with Crippen LogP contribution < -0.4 is 5.73 Å². The Bertz CT molecular complexity index is 286. The number of hydrogen-bond acceptors (Lipinski definition) is 3. The number of aliphatic hydroxyl groups excluding tert-OH is 1. The lowest BCUT2D eigenvalue weighted by Gasteiger charge is -2.14. The normalized spacial score (nSPS) is 14.9. The predicted molar refractivity (Wildman–Crippen MR) is 47.0 cm³/mol. The number of benzene rings is 1. The van der Waals surface area contributed by atoms with Crippen molar-refractivity contribution in [1.29, 1.82) is 0 Å². The van der Waals surface area contributed by atoms with Crippen molar-refractivity contribution in [2.24, 2.45) is 5.73 Å². The third-order valence-corrected chi connectivity index (χ3v) is 1.78. The third-order valence-electron chi connectivity index (χ3n) is 1.78. The fraction of sp³-hybridized carbons (Fsp3) is 0.222. The largest absolute Gasteiger partial charge is 0.479 e. The van der Waals surface area contributed by atoms with Gasteiger partial charge in [0, 0.05) is 0 Å². The number of aliphatic hydroxyl groups is 1. The molecule has 2 atom stereocenters. The second-order valence-electron chi connectivity index (χ2n) is 2.72. The summed E-state index contributed by atoms with van der Waals surface area (Å²) in [7, 11) is 0. The van der Waals surface area contributed by atoms with E-state index in [1.165, 1.54) is 0 Å². The molecule has 0 aliphatic heterocycles. The molecule has 0 saturated heterocycles. The van der Waals surface area contributed by atoms with Crippen molar-refractivity contribution in [1.82, 2.24) is 0 Å². The summed E-state index contributed by atoms with van der Waals surface area (Å²) in [6, 6.07) is 7.75. The first-order valence-corrected chi connectivity index (χ1v) is 3.84. The fourth-order valence-corrected chi connectivity index (χ4v) is 1.01. The topological polar surface area (TPSA) is 83.5 Å². The molecular formula is C9H11NO3. The zero-order valence-corrected chi connectivity index (χ0v) is 6.92. The average molecular weight is 181 g/mol. The van der Waals surface area contributed by atoms with Crippen LogP contribution in [0, 0.1) is 0 Å². The number of carbonyl (C=O) groups is 1. The molecule has 0 unspecified atom stereocenters. The van der Waals surface area contributed by atoms with Gasteiger partial charge < -0.3 is 15.9 Å². The van der Waals surface area contributed by atoms with Crippen molar-refractivity contribution in [2.45, 2.75) is 12.1 Å². The summed E-state index contributed by atoms with van der Waals surface area (Å²) >= 11 is 0. The quantitative estimate of drug-likeness (QED) is 0.619. The van der Waals surface area contributed by atoms with E-state index in [9.17, 15) is 4.79 Å². The maximum atomic E-state index is 10.4. The summed E-state index contributed by atoms with van der Waals surface area (Å²) in [4.78, 5) is 10.4. The van der Waals surface area contributed by atoms with Crippen LogP contribution >= 0.6 is 0 Å². The van der Waals surface area contributed by atoms with Gasteiger partial charge in [0.15, 0.2) is 6.10 Å². The highest BCUT2D eigenvalue weighted by Crippen LogP contribution is 2.13. The van der Waals surface area contributed by atoms with Gasteiger partial charge in [0.1, 0.15) is 0 Å². The van der Waals surface area contributed by atoms with Crippen molar-refractivity contribution in [3.63, 3.8) is 0 Å². The Balaban J connectivity index is 2.79. The molecule has 0 bridgehead atoms. The number of aliphatic carboxylic acids is 1. The Morgan fingerprint density at radius 1 is 1.31 bits per heavy atom. The Morgan fingerprint density at radius 3 is 2.31 bits per heavy atom. The molecular weight excluding hydrogens is 170 g/mol. The number of carboxylic acids is 1. The summed E-state index contributed by atoms with van der Waals surface area (Å²) in [5.41, 5.74) is 6.12. The van der Waals surface area contributed by atoms with E-state index in [4.69, 9.17) is 15.9 Å². The van der Waals surface area contributed by atoms with Gasteiger partial charge in [0.05, 0.1) is 6.04 Å². The van der Waals surface area contributed by atoms with Crippen LogP contribution in [-0.4, -0.2) is 22.3 Å². The predicted octanol–water partition coefficient (Wildman–Crippen LogP) is 0.132. The summed E-state index contributed by atoms with van der Waals surface area (Å²) in [5.74, 6) is -1.31. The number of carboxylic acid groups (broad SMARTS) is 1. The molecule has 0 heterocycles. The lowest BCUT2D eigenvalue weighted by atomic mass is 10.0. The average Bonchev–Trinajstić information content (AvgIpc) is 2.17. The molecule has 1 aromatic carbocycles. The number of rotatable bonds is 3. The molecule has 4 nitrogen and oxygen atoms in total. The molecule has 0 spiro atoms. The molecule has 70 valence electrons. The molecule has 1 rings (SSSR count). The molecule has 0 aliphatic carbocycles. The van der Waals surface area contributed by atoms with Gasteiger partial charge in [-0.1, -0.05) is 30.3 Å². The van der Waals surface area contributed by atoms with Crippen LogP contribution in [0.2, 0.25) is 0 Å². The second kappa shape index (κ2) is 4.02. The maximum absolute atomic E-state index is 10.4. The first-order chi connectivity index (χ1) is 6.13. The van der Waals surface area contributed by atoms with Crippen LogP contribution in [0.5, 0.6) is 0 Å². The van der Waals surface area contributed by atoms with E-state index in [1.807, 2.05) is 0 Å². The van der Waals surface area contributed by atoms with Gasteiger partial charge in [-0.25, -0.2) is 4.79 Å². The first kappa shape index (κ1) is 9.70. The monoisotopic (exact) mass is 181 g/mol. The minimum atomic E-state index is -1.55. The number of nitrogens with two attached hydrogens (primary N) is 1. The van der Waals surface area contributed by atoms with E-state index in [-0.39, 0.29) is 0 Å². The minimum Gasteiger partial charge on any atom is -0.479 e. The molecule has 1 aromatic rings. The lowest BCUT2D eigenvalue weighted by Crippen LogP contribution is -2.33. The van der Waals surface area contributed by atoms with Gasteiger partial charge in [-0.2, -0.15) is 0 Å². The molecule has 0 fully saturated rings. The summed E-state index contributed by atoms with van der Waals surface area (Å²) in [6.45, 7) is 0. The van der Waals surface area contributed by atoms with Crippen molar-refractivity contribution in [3.05, 3.63) is 35.9 Å². The SMILES string of the molecule is N[C@@H](c1ccccc1)[C@H](O)C(=O)O. The van der Waals surface area contributed by atoms with E-state index in [0.717, 1.165) is 0 Å². The maximum Gasteiger partial charge on any atom is 0.334 e. The Morgan fingerprint density at radius 2 is 1.85 bits per heavy atom. The van der Waals surface area contributed by atoms with Crippen LogP contribution in [0.3, 0.4) is 0 Å². The highest BCUT2D eigenvalue weighted by atomic mass is 16.4.